The second kappa shape index (κ2) is 18.8. The minimum Gasteiger partial charge on any atom is -0.488 e. The molecule has 1 aliphatic carbocycles. The van der Waals surface area contributed by atoms with Crippen LogP contribution in [0.2, 0.25) is 0 Å². The molecule has 1 aliphatic heterocycles. The van der Waals surface area contributed by atoms with Crippen LogP contribution >= 0.6 is 0 Å². The van der Waals surface area contributed by atoms with Crippen molar-refractivity contribution in [2.45, 2.75) is 71.3 Å². The number of imidazole rings is 2. The number of aromatic amines is 2. The standard InChI is InChI=1S/C50H50N8O6/c1-6-8-21-57(49(61)45(31-13-11-10-12-14-31)55-47(59)32-15-16-32)27-42-51-26-40(53-42)34-17-19-36-35(23-34)29-64-41-25-37-33(24-38(36)41)18-20-39-46(37)54-43(52-39)28-58(22-9-7-2)48(60)44(30(3)4)56-50(62)63-5/h1-2,10-14,17-20,23-26,30,32,44-45H,8-9,15-16,21-22,27-29H2,3-5H3,(H,51,53)(H,52,54)(H,55,59)(H,56,62). The monoisotopic (exact) mass is 858 g/mol. The number of alkyl carbamates (subject to hydrolysis) is 1. The Morgan fingerprint density at radius 3 is 2.31 bits per heavy atom. The molecule has 0 spiro atoms. The normalized spacial score (nSPS) is 13.7. The van der Waals surface area contributed by atoms with E-state index < -0.39 is 18.2 Å². The number of hydrogen-bond donors (Lipinski definition) is 4. The largest absolute Gasteiger partial charge is 0.488 e. The van der Waals surface area contributed by atoms with Gasteiger partial charge in [0.15, 0.2) is 0 Å². The molecule has 2 unspecified atom stereocenters. The fourth-order valence-corrected chi connectivity index (χ4v) is 8.08. The molecular formula is C50H50N8O6. The number of terminal acetylenes is 2. The van der Waals surface area contributed by atoms with Gasteiger partial charge < -0.3 is 39.9 Å². The van der Waals surface area contributed by atoms with Crippen molar-refractivity contribution in [1.29, 1.82) is 0 Å². The van der Waals surface area contributed by atoms with E-state index in [0.717, 1.165) is 68.3 Å². The predicted octanol–water partition coefficient (Wildman–Crippen LogP) is 7.02. The number of aromatic nitrogens is 4. The maximum Gasteiger partial charge on any atom is 0.407 e. The lowest BCUT2D eigenvalue weighted by Gasteiger charge is -2.28. The van der Waals surface area contributed by atoms with Gasteiger partial charge in [0.2, 0.25) is 17.7 Å². The summed E-state index contributed by atoms with van der Waals surface area (Å²) in [7, 11) is 1.26. The predicted molar refractivity (Wildman–Crippen MR) is 243 cm³/mol. The molecule has 64 heavy (non-hydrogen) atoms. The van der Waals surface area contributed by atoms with Crippen molar-refractivity contribution >= 4 is 45.6 Å². The molecule has 4 N–H and O–H groups in total. The highest BCUT2D eigenvalue weighted by Gasteiger charge is 2.35. The summed E-state index contributed by atoms with van der Waals surface area (Å²) < 4.78 is 11.2. The van der Waals surface area contributed by atoms with Gasteiger partial charge in [0.25, 0.3) is 0 Å². The van der Waals surface area contributed by atoms with Crippen LogP contribution in [0.4, 0.5) is 4.79 Å². The molecule has 8 rings (SSSR count). The maximum atomic E-state index is 14.1. The third-order valence-electron chi connectivity index (χ3n) is 11.7. The molecule has 2 aliphatic rings. The lowest BCUT2D eigenvalue weighted by atomic mass is 9.92. The number of carbonyl (C=O) groups is 4. The van der Waals surface area contributed by atoms with Crippen LogP contribution in [0.15, 0.2) is 79.0 Å². The quantitative estimate of drug-likeness (QED) is 0.0752. The summed E-state index contributed by atoms with van der Waals surface area (Å²) in [4.78, 5) is 72.5. The molecule has 0 radical (unpaired) electrons. The number of ether oxygens (including phenoxy) is 2. The van der Waals surface area contributed by atoms with Crippen LogP contribution in [0.3, 0.4) is 0 Å². The minimum atomic E-state index is -0.843. The van der Waals surface area contributed by atoms with E-state index in [4.69, 9.17) is 27.3 Å². The molecule has 0 saturated heterocycles. The van der Waals surface area contributed by atoms with Crippen LogP contribution in [0.25, 0.3) is 44.2 Å². The summed E-state index contributed by atoms with van der Waals surface area (Å²) in [6.45, 7) is 4.98. The van der Waals surface area contributed by atoms with Gasteiger partial charge in [0.1, 0.15) is 36.1 Å². The maximum absolute atomic E-state index is 14.1. The van der Waals surface area contributed by atoms with E-state index in [1.807, 2.05) is 68.4 Å². The van der Waals surface area contributed by atoms with Crippen LogP contribution in [0.5, 0.6) is 5.75 Å². The third-order valence-corrected chi connectivity index (χ3v) is 11.7. The summed E-state index contributed by atoms with van der Waals surface area (Å²) in [5, 5.41) is 7.51. The Morgan fingerprint density at radius 1 is 0.875 bits per heavy atom. The van der Waals surface area contributed by atoms with Crippen molar-refractivity contribution in [1.82, 2.24) is 40.4 Å². The number of H-pyrrole nitrogens is 2. The molecule has 3 heterocycles. The zero-order chi connectivity index (χ0) is 44.9. The molecule has 6 aromatic rings. The summed E-state index contributed by atoms with van der Waals surface area (Å²) in [6, 6.07) is 22.0. The SMILES string of the molecule is C#CCCN(Cc1ncc(-c2ccc3c(c2)COc2cc4c(ccc5[nH]c(CN(CCC#C)C(=O)C(NC(=O)OC)C(C)C)nc54)cc2-3)[nH]1)C(=O)C(NC(=O)C1CC1)c1ccccc1. The number of amides is 4. The van der Waals surface area contributed by atoms with E-state index in [-0.39, 0.29) is 49.2 Å². The van der Waals surface area contributed by atoms with E-state index in [9.17, 15) is 19.2 Å². The van der Waals surface area contributed by atoms with Crippen molar-refractivity contribution in [3.8, 4) is 52.8 Å². The summed E-state index contributed by atoms with van der Waals surface area (Å²) in [5.41, 5.74) is 6.95. The number of rotatable bonds is 16. The van der Waals surface area contributed by atoms with Gasteiger partial charge in [-0.25, -0.2) is 14.8 Å². The number of methoxy groups -OCH3 is 1. The molecule has 1 fully saturated rings. The first-order chi connectivity index (χ1) is 31.0. The van der Waals surface area contributed by atoms with Crippen LogP contribution in [-0.4, -0.2) is 79.8 Å². The summed E-state index contributed by atoms with van der Waals surface area (Å²) in [6.07, 6.45) is 14.6. The van der Waals surface area contributed by atoms with Gasteiger partial charge in [-0.1, -0.05) is 62.4 Å². The van der Waals surface area contributed by atoms with Gasteiger partial charge in [-0.2, -0.15) is 0 Å². The number of hydrogen-bond acceptors (Lipinski definition) is 8. The third kappa shape index (κ3) is 9.27. The highest BCUT2D eigenvalue weighted by atomic mass is 16.5. The number of nitrogens with one attached hydrogen (secondary N) is 4. The first-order valence-electron chi connectivity index (χ1n) is 21.4. The Labute approximate surface area is 371 Å². The van der Waals surface area contributed by atoms with Crippen molar-refractivity contribution < 1.29 is 28.7 Å². The molecule has 4 amide bonds. The van der Waals surface area contributed by atoms with Gasteiger partial charge in [-0.05, 0) is 70.7 Å². The lowest BCUT2D eigenvalue weighted by molar-refractivity contribution is -0.137. The van der Waals surface area contributed by atoms with E-state index in [1.165, 1.54) is 7.11 Å². The number of nitrogens with zero attached hydrogens (tertiary/aromatic N) is 4. The topological polar surface area (TPSA) is 175 Å². The van der Waals surface area contributed by atoms with Crippen molar-refractivity contribution in [2.75, 3.05) is 20.2 Å². The second-order valence-electron chi connectivity index (χ2n) is 16.5. The number of benzene rings is 4. The van der Waals surface area contributed by atoms with Crippen LogP contribution in [-0.2, 0) is 38.8 Å². The Hall–Kier alpha value is -7.58. The van der Waals surface area contributed by atoms with E-state index >= 15 is 0 Å². The number of carbonyl (C=O) groups excluding carboxylic acids is 4. The van der Waals surface area contributed by atoms with Crippen molar-refractivity contribution in [2.24, 2.45) is 11.8 Å². The molecule has 2 aromatic heterocycles. The Bertz CT molecular complexity index is 2810. The van der Waals surface area contributed by atoms with Gasteiger partial charge in [0, 0.05) is 42.8 Å². The molecular weight excluding hydrogens is 809 g/mol. The highest BCUT2D eigenvalue weighted by molar-refractivity contribution is 6.07. The van der Waals surface area contributed by atoms with Crippen LogP contribution in [0, 0.1) is 36.5 Å². The zero-order valence-corrected chi connectivity index (χ0v) is 36.1. The fourth-order valence-electron chi connectivity index (χ4n) is 8.08. The average molecular weight is 859 g/mol. The molecule has 0 bridgehead atoms. The van der Waals surface area contributed by atoms with Crippen molar-refractivity contribution in [3.05, 3.63) is 102 Å². The van der Waals surface area contributed by atoms with Gasteiger partial charge >= 0.3 is 6.09 Å². The first kappa shape index (κ1) is 43.1. The lowest BCUT2D eigenvalue weighted by Crippen LogP contribution is -2.51. The average Bonchev–Trinajstić information content (AvgIpc) is 3.92. The molecule has 326 valence electrons. The Kier molecular flexibility index (Phi) is 12.7. The van der Waals surface area contributed by atoms with Crippen molar-refractivity contribution in [3.63, 3.8) is 0 Å². The van der Waals surface area contributed by atoms with E-state index in [2.05, 4.69) is 55.6 Å². The first-order valence-corrected chi connectivity index (χ1v) is 21.4. The number of fused-ring (bicyclic) bond motifs is 6. The molecule has 4 aromatic carbocycles. The Morgan fingerprint density at radius 2 is 1.61 bits per heavy atom. The Balaban J connectivity index is 1.01. The molecule has 2 atom stereocenters. The van der Waals surface area contributed by atoms with Gasteiger partial charge in [-0.15, -0.1) is 24.7 Å². The van der Waals surface area contributed by atoms with E-state index in [1.54, 1.807) is 16.0 Å². The fraction of sp³-hybridized carbons (Fsp3) is 0.320. The van der Waals surface area contributed by atoms with Crippen LogP contribution < -0.4 is 15.4 Å². The molecule has 14 nitrogen and oxygen atoms in total. The zero-order valence-electron chi connectivity index (χ0n) is 36.1. The summed E-state index contributed by atoms with van der Waals surface area (Å²) >= 11 is 0. The van der Waals surface area contributed by atoms with Crippen LogP contribution in [0.1, 0.15) is 68.3 Å². The minimum absolute atomic E-state index is 0.0557. The molecule has 14 heteroatoms. The highest BCUT2D eigenvalue weighted by Crippen LogP contribution is 2.42. The second-order valence-corrected chi connectivity index (χ2v) is 16.5. The molecule has 1 saturated carbocycles. The smallest absolute Gasteiger partial charge is 0.407 e. The van der Waals surface area contributed by atoms with E-state index in [0.29, 0.717) is 43.2 Å². The summed E-state index contributed by atoms with van der Waals surface area (Å²) in [5.74, 6) is 6.24. The van der Waals surface area contributed by atoms with Gasteiger partial charge in [0.05, 0.1) is 43.1 Å². The van der Waals surface area contributed by atoms with Gasteiger partial charge in [-0.3, -0.25) is 14.4 Å².